The van der Waals surface area contributed by atoms with Crippen LogP contribution in [0.25, 0.3) is 5.65 Å². The number of carbonyl (C=O) groups is 1. The van der Waals surface area contributed by atoms with Crippen LogP contribution in [0, 0.1) is 5.92 Å². The summed E-state index contributed by atoms with van der Waals surface area (Å²) in [6, 6.07) is 14.2. The minimum absolute atomic E-state index is 0.0535. The summed E-state index contributed by atoms with van der Waals surface area (Å²) in [5, 5.41) is 3.01. The van der Waals surface area contributed by atoms with Gasteiger partial charge < -0.3 is 10.1 Å². The average Bonchev–Trinajstić information content (AvgIpc) is 2.74. The van der Waals surface area contributed by atoms with E-state index in [4.69, 9.17) is 4.74 Å². The van der Waals surface area contributed by atoms with Gasteiger partial charge in [0.1, 0.15) is 18.0 Å². The molecular formula is C22H23N3O3. The first-order valence-electron chi connectivity index (χ1n) is 9.71. The van der Waals surface area contributed by atoms with Crippen molar-refractivity contribution in [2.24, 2.45) is 5.92 Å². The first-order chi connectivity index (χ1) is 13.7. The Balaban J connectivity index is 1.48. The molecule has 0 unspecified atom stereocenters. The molecule has 144 valence electrons. The van der Waals surface area contributed by atoms with Crippen LogP contribution in [0.1, 0.15) is 37.8 Å². The van der Waals surface area contributed by atoms with Crippen molar-refractivity contribution in [3.8, 4) is 5.75 Å². The molecule has 6 nitrogen and oxygen atoms in total. The second-order valence-corrected chi connectivity index (χ2v) is 7.12. The molecule has 28 heavy (non-hydrogen) atoms. The normalized spacial score (nSPS) is 14.7. The van der Waals surface area contributed by atoms with Gasteiger partial charge in [0.05, 0.1) is 11.4 Å². The molecule has 0 atom stereocenters. The smallest absolute Gasteiger partial charge is 0.258 e. The molecule has 1 N–H and O–H groups in total. The van der Waals surface area contributed by atoms with Gasteiger partial charge in [0.2, 0.25) is 5.91 Å². The number of hydrogen-bond acceptors (Lipinski definition) is 4. The fourth-order valence-corrected chi connectivity index (χ4v) is 3.62. The molecule has 0 radical (unpaired) electrons. The van der Waals surface area contributed by atoms with Crippen molar-refractivity contribution in [3.63, 3.8) is 0 Å². The summed E-state index contributed by atoms with van der Waals surface area (Å²) in [6.07, 6.45) is 7.01. The molecule has 3 aromatic rings. The number of nitrogens with one attached hydrogen (secondary N) is 1. The van der Waals surface area contributed by atoms with Gasteiger partial charge in [0.15, 0.2) is 0 Å². The van der Waals surface area contributed by atoms with Crippen molar-refractivity contribution in [2.45, 2.75) is 38.7 Å². The first-order valence-corrected chi connectivity index (χ1v) is 9.71. The Bertz CT molecular complexity index is 1040. The second-order valence-electron chi connectivity index (χ2n) is 7.12. The van der Waals surface area contributed by atoms with Crippen LogP contribution in [-0.4, -0.2) is 15.3 Å². The van der Waals surface area contributed by atoms with Crippen LogP contribution in [0.15, 0.2) is 59.5 Å². The lowest BCUT2D eigenvalue weighted by Gasteiger charge is -2.21. The maximum Gasteiger partial charge on any atom is 0.258 e. The van der Waals surface area contributed by atoms with Gasteiger partial charge in [0, 0.05) is 18.2 Å². The Hall–Kier alpha value is -3.15. The van der Waals surface area contributed by atoms with Gasteiger partial charge in [-0.3, -0.25) is 14.0 Å². The number of para-hydroxylation sites is 2. The van der Waals surface area contributed by atoms with Gasteiger partial charge in [-0.05, 0) is 37.1 Å². The van der Waals surface area contributed by atoms with Crippen LogP contribution in [0.2, 0.25) is 0 Å². The van der Waals surface area contributed by atoms with E-state index in [1.807, 2.05) is 30.3 Å². The Morgan fingerprint density at radius 2 is 1.89 bits per heavy atom. The molecule has 1 saturated carbocycles. The summed E-state index contributed by atoms with van der Waals surface area (Å²) in [5.74, 6) is 0.698. The fourth-order valence-electron chi connectivity index (χ4n) is 3.62. The molecule has 2 aromatic heterocycles. The summed E-state index contributed by atoms with van der Waals surface area (Å²) in [4.78, 5) is 29.2. The van der Waals surface area contributed by atoms with Gasteiger partial charge in [-0.2, -0.15) is 0 Å². The van der Waals surface area contributed by atoms with Crippen molar-refractivity contribution in [1.82, 2.24) is 9.38 Å². The van der Waals surface area contributed by atoms with Crippen LogP contribution in [0.3, 0.4) is 0 Å². The highest BCUT2D eigenvalue weighted by molar-refractivity contribution is 5.94. The summed E-state index contributed by atoms with van der Waals surface area (Å²) < 4.78 is 7.38. The molecule has 6 heteroatoms. The molecule has 0 saturated heterocycles. The number of benzene rings is 1. The largest absolute Gasteiger partial charge is 0.485 e. The summed E-state index contributed by atoms with van der Waals surface area (Å²) >= 11 is 0. The van der Waals surface area contributed by atoms with Crippen LogP contribution in [-0.2, 0) is 11.4 Å². The highest BCUT2D eigenvalue weighted by atomic mass is 16.5. The van der Waals surface area contributed by atoms with Crippen LogP contribution in [0.5, 0.6) is 5.75 Å². The lowest BCUT2D eigenvalue weighted by atomic mass is 9.88. The standard InChI is InChI=1S/C22H23N3O3/c26-21-14-17(23-20-12-6-7-13-25(20)21)15-28-19-11-5-4-10-18(19)24-22(27)16-8-2-1-3-9-16/h4-7,10-14,16H,1-3,8-9,15H2,(H,24,27). The first kappa shape index (κ1) is 18.2. The Morgan fingerprint density at radius 3 is 2.75 bits per heavy atom. The van der Waals surface area contributed by atoms with Crippen LogP contribution in [0.4, 0.5) is 5.69 Å². The number of carbonyl (C=O) groups excluding carboxylic acids is 1. The topological polar surface area (TPSA) is 72.7 Å². The number of anilines is 1. The number of aromatic nitrogens is 2. The summed E-state index contributed by atoms with van der Waals surface area (Å²) in [6.45, 7) is 0.150. The molecule has 1 aliphatic rings. The maximum atomic E-state index is 12.6. The fraction of sp³-hybridized carbons (Fsp3) is 0.318. The van der Waals surface area contributed by atoms with Crippen molar-refractivity contribution < 1.29 is 9.53 Å². The van der Waals surface area contributed by atoms with Gasteiger partial charge in [-0.1, -0.05) is 37.5 Å². The lowest BCUT2D eigenvalue weighted by Crippen LogP contribution is -2.25. The van der Waals surface area contributed by atoms with Crippen molar-refractivity contribution in [3.05, 3.63) is 70.8 Å². The number of nitrogens with zero attached hydrogens (tertiary/aromatic N) is 2. The zero-order valence-corrected chi connectivity index (χ0v) is 15.6. The molecule has 1 amide bonds. The highest BCUT2D eigenvalue weighted by Crippen LogP contribution is 2.28. The highest BCUT2D eigenvalue weighted by Gasteiger charge is 2.22. The molecular weight excluding hydrogens is 354 g/mol. The average molecular weight is 377 g/mol. The van der Waals surface area contributed by atoms with Crippen molar-refractivity contribution in [1.29, 1.82) is 0 Å². The third-order valence-electron chi connectivity index (χ3n) is 5.12. The van der Waals surface area contributed by atoms with Gasteiger partial charge in [-0.25, -0.2) is 4.98 Å². The molecule has 0 aliphatic heterocycles. The summed E-state index contributed by atoms with van der Waals surface area (Å²) in [5.41, 5.74) is 1.62. The number of fused-ring (bicyclic) bond motifs is 1. The van der Waals surface area contributed by atoms with E-state index < -0.39 is 0 Å². The quantitative estimate of drug-likeness (QED) is 0.734. The molecule has 1 aromatic carbocycles. The van der Waals surface area contributed by atoms with E-state index in [9.17, 15) is 9.59 Å². The van der Waals surface area contributed by atoms with Crippen molar-refractivity contribution >= 4 is 17.2 Å². The van der Waals surface area contributed by atoms with Crippen LogP contribution >= 0.6 is 0 Å². The van der Waals surface area contributed by atoms with E-state index in [2.05, 4.69) is 10.3 Å². The number of amides is 1. The second kappa shape index (κ2) is 8.25. The van der Waals surface area contributed by atoms with Gasteiger partial charge in [-0.15, -0.1) is 0 Å². The lowest BCUT2D eigenvalue weighted by molar-refractivity contribution is -0.120. The zero-order valence-electron chi connectivity index (χ0n) is 15.6. The molecule has 0 bridgehead atoms. The predicted molar refractivity (Wildman–Crippen MR) is 107 cm³/mol. The molecule has 4 rings (SSSR count). The SMILES string of the molecule is O=C(Nc1ccccc1OCc1cc(=O)n2ccccc2n1)C1CCCCC1. The van der Waals surface area contributed by atoms with Crippen LogP contribution < -0.4 is 15.6 Å². The zero-order chi connectivity index (χ0) is 19.3. The Labute approximate surface area is 163 Å². The van der Waals surface area contributed by atoms with E-state index in [-0.39, 0.29) is 24.0 Å². The number of hydrogen-bond donors (Lipinski definition) is 1. The Morgan fingerprint density at radius 1 is 1.11 bits per heavy atom. The summed E-state index contributed by atoms with van der Waals surface area (Å²) in [7, 11) is 0. The van der Waals surface area contributed by atoms with E-state index in [0.717, 1.165) is 25.7 Å². The van der Waals surface area contributed by atoms with Gasteiger partial charge in [0.25, 0.3) is 5.56 Å². The van der Waals surface area contributed by atoms with E-state index >= 15 is 0 Å². The minimum Gasteiger partial charge on any atom is -0.485 e. The molecule has 2 heterocycles. The monoisotopic (exact) mass is 377 g/mol. The minimum atomic E-state index is -0.150. The van der Waals surface area contributed by atoms with E-state index in [1.165, 1.54) is 16.9 Å². The molecule has 0 spiro atoms. The number of pyridine rings is 1. The molecule has 1 aliphatic carbocycles. The van der Waals surface area contributed by atoms with Gasteiger partial charge >= 0.3 is 0 Å². The third-order valence-corrected chi connectivity index (χ3v) is 5.12. The van der Waals surface area contributed by atoms with E-state index in [0.29, 0.717) is 22.8 Å². The number of ether oxygens (including phenoxy) is 1. The van der Waals surface area contributed by atoms with Crippen molar-refractivity contribution in [2.75, 3.05) is 5.32 Å². The Kier molecular flexibility index (Phi) is 5.37. The predicted octanol–water partition coefficient (Wildman–Crippen LogP) is 3.79. The number of rotatable bonds is 5. The third kappa shape index (κ3) is 4.06. The van der Waals surface area contributed by atoms with E-state index in [1.54, 1.807) is 18.3 Å². The molecule has 1 fully saturated rings. The maximum absolute atomic E-state index is 12.6.